The van der Waals surface area contributed by atoms with Gasteiger partial charge in [0.1, 0.15) is 0 Å². The first-order valence-electron chi connectivity index (χ1n) is 6.91. The third kappa shape index (κ3) is 2.56. The number of hydrogen-bond acceptors (Lipinski definition) is 5. The molecule has 110 valence electrons. The third-order valence-corrected chi connectivity index (χ3v) is 3.82. The predicted octanol–water partition coefficient (Wildman–Crippen LogP) is 1.75. The van der Waals surface area contributed by atoms with Crippen LogP contribution in [0.25, 0.3) is 10.9 Å². The van der Waals surface area contributed by atoms with Crippen molar-refractivity contribution >= 4 is 28.4 Å². The lowest BCUT2D eigenvalue weighted by Crippen LogP contribution is -2.37. The Balaban J connectivity index is 1.85. The number of anilines is 2. The number of amides is 1. The van der Waals surface area contributed by atoms with Crippen molar-refractivity contribution < 1.29 is 9.53 Å². The van der Waals surface area contributed by atoms with E-state index in [-0.39, 0.29) is 12.1 Å². The number of fused-ring (bicyclic) bond motifs is 1. The number of nitrogens with two attached hydrogens (primary N) is 1. The standard InChI is InChI=1S/C15H18N4O2/c1-21-15(20)18-10-6-8-19(9-10)13-5-7-17-14-11(13)3-2-4-12(14)16/h2-5,7,10H,6,8-9,16H2,1H3,(H,18,20). The van der Waals surface area contributed by atoms with Crippen molar-refractivity contribution in [1.29, 1.82) is 0 Å². The average Bonchev–Trinajstić information content (AvgIpc) is 2.95. The fraction of sp³-hybridized carbons (Fsp3) is 0.333. The van der Waals surface area contributed by atoms with E-state index in [1.165, 1.54) is 7.11 Å². The largest absolute Gasteiger partial charge is 0.453 e. The van der Waals surface area contributed by atoms with E-state index < -0.39 is 0 Å². The number of alkyl carbamates (subject to hydrolysis) is 1. The fourth-order valence-corrected chi connectivity index (χ4v) is 2.78. The van der Waals surface area contributed by atoms with Crippen LogP contribution in [-0.2, 0) is 4.74 Å². The first-order chi connectivity index (χ1) is 10.2. The molecule has 1 saturated heterocycles. The lowest BCUT2D eigenvalue weighted by atomic mass is 10.1. The number of carbonyl (C=O) groups is 1. The fourth-order valence-electron chi connectivity index (χ4n) is 2.78. The van der Waals surface area contributed by atoms with Gasteiger partial charge in [0, 0.05) is 30.4 Å². The quantitative estimate of drug-likeness (QED) is 0.822. The molecule has 1 aromatic heterocycles. The number of methoxy groups -OCH3 is 1. The third-order valence-electron chi connectivity index (χ3n) is 3.82. The summed E-state index contributed by atoms with van der Waals surface area (Å²) in [5, 5.41) is 3.88. The van der Waals surface area contributed by atoms with E-state index >= 15 is 0 Å². The number of para-hydroxylation sites is 1. The van der Waals surface area contributed by atoms with Crippen molar-refractivity contribution in [1.82, 2.24) is 10.3 Å². The van der Waals surface area contributed by atoms with E-state index in [1.54, 1.807) is 6.20 Å². The summed E-state index contributed by atoms with van der Waals surface area (Å²) in [7, 11) is 1.38. The maximum Gasteiger partial charge on any atom is 0.407 e. The van der Waals surface area contributed by atoms with Crippen LogP contribution in [0.3, 0.4) is 0 Å². The number of pyridine rings is 1. The summed E-state index contributed by atoms with van der Waals surface area (Å²) in [6, 6.07) is 7.90. The van der Waals surface area contributed by atoms with Crippen LogP contribution in [0.4, 0.5) is 16.2 Å². The van der Waals surface area contributed by atoms with Gasteiger partial charge < -0.3 is 20.7 Å². The van der Waals surface area contributed by atoms with Gasteiger partial charge in [-0.05, 0) is 18.6 Å². The van der Waals surface area contributed by atoms with Gasteiger partial charge >= 0.3 is 6.09 Å². The lowest BCUT2D eigenvalue weighted by molar-refractivity contribution is 0.167. The van der Waals surface area contributed by atoms with E-state index in [9.17, 15) is 4.79 Å². The van der Waals surface area contributed by atoms with Gasteiger partial charge in [-0.3, -0.25) is 4.98 Å². The molecule has 3 rings (SSSR count). The Labute approximate surface area is 122 Å². The summed E-state index contributed by atoms with van der Waals surface area (Å²) in [6.07, 6.45) is 2.28. The van der Waals surface area contributed by atoms with Crippen LogP contribution in [0.2, 0.25) is 0 Å². The SMILES string of the molecule is COC(=O)NC1CCN(c2ccnc3c(N)cccc23)C1. The Morgan fingerprint density at radius 2 is 2.33 bits per heavy atom. The van der Waals surface area contributed by atoms with Gasteiger partial charge in [0.05, 0.1) is 24.4 Å². The molecule has 2 aromatic rings. The van der Waals surface area contributed by atoms with Gasteiger partial charge in [-0.1, -0.05) is 12.1 Å². The van der Waals surface area contributed by atoms with Gasteiger partial charge in [-0.2, -0.15) is 0 Å². The topological polar surface area (TPSA) is 80.5 Å². The number of benzene rings is 1. The normalized spacial score (nSPS) is 18.0. The van der Waals surface area contributed by atoms with Gasteiger partial charge in [0.15, 0.2) is 0 Å². The molecule has 0 spiro atoms. The lowest BCUT2D eigenvalue weighted by Gasteiger charge is -2.20. The second-order valence-electron chi connectivity index (χ2n) is 5.14. The van der Waals surface area contributed by atoms with E-state index in [0.717, 1.165) is 36.1 Å². The van der Waals surface area contributed by atoms with E-state index in [1.807, 2.05) is 24.3 Å². The molecule has 1 amide bonds. The van der Waals surface area contributed by atoms with Crippen molar-refractivity contribution in [3.8, 4) is 0 Å². The average molecular weight is 286 g/mol. The van der Waals surface area contributed by atoms with Crippen LogP contribution in [0, 0.1) is 0 Å². The van der Waals surface area contributed by atoms with Crippen LogP contribution < -0.4 is 16.0 Å². The van der Waals surface area contributed by atoms with Crippen molar-refractivity contribution in [3.63, 3.8) is 0 Å². The highest BCUT2D eigenvalue weighted by Crippen LogP contribution is 2.30. The molecule has 1 aliphatic heterocycles. The number of hydrogen-bond donors (Lipinski definition) is 2. The van der Waals surface area contributed by atoms with Crippen molar-refractivity contribution in [3.05, 3.63) is 30.5 Å². The first kappa shape index (κ1) is 13.5. The number of rotatable bonds is 2. The van der Waals surface area contributed by atoms with Gasteiger partial charge in [0.25, 0.3) is 0 Å². The molecule has 0 radical (unpaired) electrons. The summed E-state index contributed by atoms with van der Waals surface area (Å²) in [5.74, 6) is 0. The van der Waals surface area contributed by atoms with Crippen molar-refractivity contribution in [2.45, 2.75) is 12.5 Å². The highest BCUT2D eigenvalue weighted by atomic mass is 16.5. The predicted molar refractivity (Wildman–Crippen MR) is 82.3 cm³/mol. The molecular formula is C15H18N4O2. The van der Waals surface area contributed by atoms with Gasteiger partial charge in [-0.15, -0.1) is 0 Å². The maximum atomic E-state index is 11.3. The van der Waals surface area contributed by atoms with Crippen molar-refractivity contribution in [2.75, 3.05) is 30.8 Å². The van der Waals surface area contributed by atoms with Crippen LogP contribution >= 0.6 is 0 Å². The monoisotopic (exact) mass is 286 g/mol. The van der Waals surface area contributed by atoms with E-state index in [4.69, 9.17) is 5.73 Å². The summed E-state index contributed by atoms with van der Waals surface area (Å²) >= 11 is 0. The first-order valence-corrected chi connectivity index (χ1v) is 6.91. The zero-order valence-corrected chi connectivity index (χ0v) is 11.9. The summed E-state index contributed by atoms with van der Waals surface area (Å²) in [5.41, 5.74) is 8.58. The van der Waals surface area contributed by atoms with Crippen LogP contribution in [0.1, 0.15) is 6.42 Å². The van der Waals surface area contributed by atoms with E-state index in [0.29, 0.717) is 5.69 Å². The Morgan fingerprint density at radius 3 is 3.14 bits per heavy atom. The highest BCUT2D eigenvalue weighted by molar-refractivity contribution is 5.98. The smallest absolute Gasteiger partial charge is 0.407 e. The molecule has 1 unspecified atom stereocenters. The van der Waals surface area contributed by atoms with Crippen LogP contribution in [0.5, 0.6) is 0 Å². The molecule has 21 heavy (non-hydrogen) atoms. The zero-order chi connectivity index (χ0) is 14.8. The Kier molecular flexibility index (Phi) is 3.51. The molecule has 1 aliphatic rings. The number of aromatic nitrogens is 1. The van der Waals surface area contributed by atoms with Gasteiger partial charge in [-0.25, -0.2) is 4.79 Å². The Bertz CT molecular complexity index is 674. The molecule has 6 heteroatoms. The maximum absolute atomic E-state index is 11.3. The molecule has 6 nitrogen and oxygen atoms in total. The number of carbonyl (C=O) groups excluding carboxylic acids is 1. The second kappa shape index (κ2) is 5.47. The highest BCUT2D eigenvalue weighted by Gasteiger charge is 2.25. The molecule has 2 heterocycles. The summed E-state index contributed by atoms with van der Waals surface area (Å²) < 4.78 is 4.64. The Morgan fingerprint density at radius 1 is 1.48 bits per heavy atom. The second-order valence-corrected chi connectivity index (χ2v) is 5.14. The Hall–Kier alpha value is -2.50. The minimum atomic E-state index is -0.384. The molecule has 1 atom stereocenters. The zero-order valence-electron chi connectivity index (χ0n) is 11.9. The van der Waals surface area contributed by atoms with Gasteiger partial charge in [0.2, 0.25) is 0 Å². The number of nitrogens with one attached hydrogen (secondary N) is 1. The van der Waals surface area contributed by atoms with Crippen molar-refractivity contribution in [2.24, 2.45) is 0 Å². The molecule has 0 aliphatic carbocycles. The molecule has 1 fully saturated rings. The van der Waals surface area contributed by atoms with Crippen LogP contribution in [0.15, 0.2) is 30.5 Å². The summed E-state index contributed by atoms with van der Waals surface area (Å²) in [4.78, 5) is 17.9. The van der Waals surface area contributed by atoms with Crippen LogP contribution in [-0.4, -0.2) is 37.3 Å². The minimum absolute atomic E-state index is 0.0988. The number of nitrogens with zero attached hydrogens (tertiary/aromatic N) is 2. The molecule has 0 bridgehead atoms. The summed E-state index contributed by atoms with van der Waals surface area (Å²) in [6.45, 7) is 1.63. The number of nitrogen functional groups attached to an aromatic ring is 1. The van der Waals surface area contributed by atoms with E-state index in [2.05, 4.69) is 19.9 Å². The minimum Gasteiger partial charge on any atom is -0.453 e. The molecule has 0 saturated carbocycles. The number of ether oxygens (including phenoxy) is 1. The molecule has 1 aromatic carbocycles. The molecule has 3 N–H and O–H groups in total. The molecular weight excluding hydrogens is 268 g/mol.